The fraction of sp³-hybridized carbons (Fsp3) is 0.393. The summed E-state index contributed by atoms with van der Waals surface area (Å²) in [5.74, 6) is 0.361. The number of aliphatic hydroxyl groups is 1. The van der Waals surface area contributed by atoms with Crippen molar-refractivity contribution in [1.82, 2.24) is 19.8 Å². The molecule has 2 heterocycles. The topological polar surface area (TPSA) is 103 Å². The molecule has 0 spiro atoms. The lowest BCUT2D eigenvalue weighted by atomic mass is 9.92. The molecule has 3 aromatic rings. The summed E-state index contributed by atoms with van der Waals surface area (Å²) in [5.41, 5.74) is 2.51. The van der Waals surface area contributed by atoms with Crippen molar-refractivity contribution in [3.63, 3.8) is 0 Å². The Hall–Kier alpha value is -3.67. The maximum atomic E-state index is 14.0. The minimum atomic E-state index is -0.459. The number of hydrogen-bond acceptors (Lipinski definition) is 6. The molecule has 8 heteroatoms. The van der Waals surface area contributed by atoms with Gasteiger partial charge in [0.1, 0.15) is 18.4 Å². The lowest BCUT2D eigenvalue weighted by molar-refractivity contribution is 0.0553. The van der Waals surface area contributed by atoms with Crippen LogP contribution in [-0.4, -0.2) is 63.9 Å². The fourth-order valence-electron chi connectivity index (χ4n) is 5.25. The molecule has 0 radical (unpaired) electrons. The van der Waals surface area contributed by atoms with Gasteiger partial charge < -0.3 is 24.6 Å². The van der Waals surface area contributed by atoms with Crippen molar-refractivity contribution in [2.24, 2.45) is 0 Å². The van der Waals surface area contributed by atoms with Crippen LogP contribution in [0.5, 0.6) is 5.75 Å². The number of nitrogens with zero attached hydrogens (tertiary/aromatic N) is 4. The van der Waals surface area contributed by atoms with Crippen LogP contribution in [0.3, 0.4) is 0 Å². The Balaban J connectivity index is 1.44. The summed E-state index contributed by atoms with van der Waals surface area (Å²) in [6.07, 6.45) is 4.91. The Bertz CT molecular complexity index is 1240. The lowest BCUT2D eigenvalue weighted by Gasteiger charge is -2.36. The lowest BCUT2D eigenvalue weighted by Crippen LogP contribution is -2.56. The Labute approximate surface area is 211 Å². The highest BCUT2D eigenvalue weighted by Gasteiger charge is 2.34. The number of benzene rings is 2. The third kappa shape index (κ3) is 4.85. The molecule has 2 aliphatic rings. The molecule has 3 atom stereocenters. The molecule has 0 bridgehead atoms. The van der Waals surface area contributed by atoms with E-state index in [1.807, 2.05) is 45.9 Å². The van der Waals surface area contributed by atoms with E-state index in [1.165, 1.54) is 0 Å². The summed E-state index contributed by atoms with van der Waals surface area (Å²) in [4.78, 5) is 20.4. The molecule has 5 rings (SSSR count). The molecule has 2 N–H and O–H groups in total. The summed E-state index contributed by atoms with van der Waals surface area (Å²) in [7, 11) is 0. The van der Waals surface area contributed by atoms with Crippen molar-refractivity contribution in [2.75, 3.05) is 26.2 Å². The van der Waals surface area contributed by atoms with Gasteiger partial charge in [0, 0.05) is 25.2 Å². The van der Waals surface area contributed by atoms with Gasteiger partial charge in [-0.3, -0.25) is 4.79 Å². The van der Waals surface area contributed by atoms with Gasteiger partial charge >= 0.3 is 0 Å². The fourth-order valence-corrected chi connectivity index (χ4v) is 5.25. The first kappa shape index (κ1) is 24.0. The van der Waals surface area contributed by atoms with Gasteiger partial charge in [0.25, 0.3) is 5.91 Å². The van der Waals surface area contributed by atoms with Crippen LogP contribution in [0.2, 0.25) is 0 Å². The standard InChI is InChI=1S/C28H31N5O3/c29-16-21-10-4-7-13-25(21)36-18-22-17-30-14-15-32(22)28(35)26-27(20-8-2-1-3-9-20)33(19-31-26)23-11-5-6-12-24(23)34/h1-4,7-10,13,19,22-24,30,34H,5-6,11-12,14-15,17-18H2/t22-,23-,24+/m0/s1. The van der Waals surface area contributed by atoms with E-state index in [9.17, 15) is 15.2 Å². The summed E-state index contributed by atoms with van der Waals surface area (Å²) in [6, 6.07) is 18.8. The van der Waals surface area contributed by atoms with Crippen LogP contribution >= 0.6 is 0 Å². The summed E-state index contributed by atoms with van der Waals surface area (Å²) in [5, 5.41) is 23.5. The number of carbonyl (C=O) groups is 1. The second kappa shape index (κ2) is 10.9. The van der Waals surface area contributed by atoms with E-state index in [2.05, 4.69) is 16.4 Å². The van der Waals surface area contributed by atoms with Gasteiger partial charge in [-0.05, 0) is 25.0 Å². The number of carbonyl (C=O) groups excluding carboxylic acids is 1. The zero-order valence-electron chi connectivity index (χ0n) is 20.2. The maximum absolute atomic E-state index is 14.0. The first-order valence-electron chi connectivity index (χ1n) is 12.6. The zero-order chi connectivity index (χ0) is 24.9. The van der Waals surface area contributed by atoms with Crippen LogP contribution in [0.15, 0.2) is 60.9 Å². The third-order valence-electron chi connectivity index (χ3n) is 7.14. The van der Waals surface area contributed by atoms with E-state index >= 15 is 0 Å². The highest BCUT2D eigenvalue weighted by Crippen LogP contribution is 2.35. The van der Waals surface area contributed by atoms with Gasteiger partial charge in [-0.15, -0.1) is 0 Å². The van der Waals surface area contributed by atoms with Gasteiger partial charge in [-0.1, -0.05) is 55.3 Å². The molecule has 1 aromatic heterocycles. The first-order valence-corrected chi connectivity index (χ1v) is 12.6. The molecule has 1 amide bonds. The first-order chi connectivity index (χ1) is 17.7. The van der Waals surface area contributed by atoms with E-state index in [1.54, 1.807) is 24.5 Å². The minimum absolute atomic E-state index is 0.104. The Morgan fingerprint density at radius 1 is 1.14 bits per heavy atom. The molecule has 2 aromatic carbocycles. The normalized spacial score (nSPS) is 22.1. The van der Waals surface area contributed by atoms with E-state index in [0.29, 0.717) is 36.6 Å². The number of imidazole rings is 1. The Morgan fingerprint density at radius 3 is 2.72 bits per heavy atom. The van der Waals surface area contributed by atoms with Crippen molar-refractivity contribution in [3.05, 3.63) is 72.2 Å². The number of nitriles is 1. The third-order valence-corrected chi connectivity index (χ3v) is 7.14. The van der Waals surface area contributed by atoms with Crippen molar-refractivity contribution < 1.29 is 14.6 Å². The van der Waals surface area contributed by atoms with Crippen LogP contribution in [-0.2, 0) is 0 Å². The Kier molecular flexibility index (Phi) is 7.31. The number of aromatic nitrogens is 2. The van der Waals surface area contributed by atoms with Gasteiger partial charge in [0.05, 0.1) is 35.8 Å². The van der Waals surface area contributed by atoms with Gasteiger partial charge in [0.15, 0.2) is 5.69 Å². The molecule has 0 unspecified atom stereocenters. The quantitative estimate of drug-likeness (QED) is 0.555. The molecule has 1 aliphatic heterocycles. The minimum Gasteiger partial charge on any atom is -0.490 e. The van der Waals surface area contributed by atoms with Crippen LogP contribution in [0.25, 0.3) is 11.3 Å². The van der Waals surface area contributed by atoms with Crippen LogP contribution in [0, 0.1) is 11.3 Å². The predicted octanol–water partition coefficient (Wildman–Crippen LogP) is 3.39. The number of ether oxygens (including phenoxy) is 1. The maximum Gasteiger partial charge on any atom is 0.275 e. The van der Waals surface area contributed by atoms with E-state index in [0.717, 1.165) is 36.9 Å². The number of hydrogen-bond donors (Lipinski definition) is 2. The van der Waals surface area contributed by atoms with Crippen molar-refractivity contribution in [1.29, 1.82) is 5.26 Å². The Morgan fingerprint density at radius 2 is 1.92 bits per heavy atom. The molecule has 1 saturated carbocycles. The SMILES string of the molecule is N#Cc1ccccc1OC[C@@H]1CNCCN1C(=O)c1ncn([C@H]2CCCC[C@H]2O)c1-c1ccccc1. The molecule has 1 saturated heterocycles. The van der Waals surface area contributed by atoms with Crippen LogP contribution in [0.4, 0.5) is 0 Å². The van der Waals surface area contributed by atoms with Gasteiger partial charge in [-0.25, -0.2) is 4.98 Å². The van der Waals surface area contributed by atoms with Gasteiger partial charge in [-0.2, -0.15) is 5.26 Å². The number of aliphatic hydroxyl groups excluding tert-OH is 1. The molecule has 186 valence electrons. The summed E-state index contributed by atoms with van der Waals surface area (Å²) < 4.78 is 8.00. The van der Waals surface area contributed by atoms with E-state index in [4.69, 9.17) is 4.74 Å². The van der Waals surface area contributed by atoms with Crippen molar-refractivity contribution in [2.45, 2.75) is 43.9 Å². The summed E-state index contributed by atoms with van der Waals surface area (Å²) in [6.45, 7) is 2.06. The molecular formula is C28H31N5O3. The zero-order valence-corrected chi connectivity index (χ0v) is 20.2. The number of para-hydroxylation sites is 1. The largest absolute Gasteiger partial charge is 0.490 e. The predicted molar refractivity (Wildman–Crippen MR) is 136 cm³/mol. The summed E-state index contributed by atoms with van der Waals surface area (Å²) >= 11 is 0. The number of amides is 1. The second-order valence-corrected chi connectivity index (χ2v) is 9.41. The molecular weight excluding hydrogens is 454 g/mol. The average Bonchev–Trinajstić information content (AvgIpc) is 3.37. The number of rotatable bonds is 6. The van der Waals surface area contributed by atoms with E-state index in [-0.39, 0.29) is 24.6 Å². The van der Waals surface area contributed by atoms with Crippen molar-refractivity contribution in [3.8, 4) is 23.1 Å². The smallest absolute Gasteiger partial charge is 0.275 e. The molecule has 1 aliphatic carbocycles. The number of piperazine rings is 1. The van der Waals surface area contributed by atoms with Crippen LogP contribution < -0.4 is 10.1 Å². The monoisotopic (exact) mass is 485 g/mol. The van der Waals surface area contributed by atoms with Gasteiger partial charge in [0.2, 0.25) is 0 Å². The second-order valence-electron chi connectivity index (χ2n) is 9.41. The molecule has 2 fully saturated rings. The molecule has 36 heavy (non-hydrogen) atoms. The highest BCUT2D eigenvalue weighted by molar-refractivity contribution is 5.98. The molecule has 8 nitrogen and oxygen atoms in total. The van der Waals surface area contributed by atoms with Crippen molar-refractivity contribution >= 4 is 5.91 Å². The van der Waals surface area contributed by atoms with E-state index < -0.39 is 6.10 Å². The average molecular weight is 486 g/mol. The number of nitrogens with one attached hydrogen (secondary N) is 1. The van der Waals surface area contributed by atoms with Crippen LogP contribution in [0.1, 0.15) is 47.8 Å². The highest BCUT2D eigenvalue weighted by atomic mass is 16.5.